The highest BCUT2D eigenvalue weighted by molar-refractivity contribution is 7.89. The molecule has 27 heteroatoms. The summed E-state index contributed by atoms with van der Waals surface area (Å²) in [5.74, 6) is -0.198. The lowest BCUT2D eigenvalue weighted by molar-refractivity contribution is -0.137. The predicted molar refractivity (Wildman–Crippen MR) is 317 cm³/mol. The van der Waals surface area contributed by atoms with E-state index < -0.39 is 42.6 Å². The maximum atomic E-state index is 13.2. The highest BCUT2D eigenvalue weighted by atomic mass is 35.5. The molecule has 20 nitrogen and oxygen atoms in total. The molecule has 3 aliphatic carbocycles. The number of aromatic nitrogens is 3. The highest BCUT2D eigenvalue weighted by Crippen LogP contribution is 2.37. The van der Waals surface area contributed by atoms with Crippen LogP contribution in [0.5, 0.6) is 0 Å². The van der Waals surface area contributed by atoms with Crippen molar-refractivity contribution in [3.8, 4) is 0 Å². The number of guanidine groups is 2. The summed E-state index contributed by atoms with van der Waals surface area (Å²) in [6.45, 7) is 5.30. The van der Waals surface area contributed by atoms with Gasteiger partial charge in [0.25, 0.3) is 0 Å². The SMILES string of the molecule is CCN(CC1CCCC1)S(=O)(=O)c1ccc2c(Cl)cnc(Cl)c2c1.CCN(CC1CCCC1)S(=O)(=O)c1ccc2c(Cl)cnc(N=C(N)N)c2c1.NC(N)=Nc1ncc(Cl)c2ccc(S(=O)(=O)N(CC(=O)O)CC3CCCC3)cc12. The van der Waals surface area contributed by atoms with Gasteiger partial charge in [-0.05, 0) is 92.7 Å². The first-order chi connectivity index (χ1) is 37.9. The van der Waals surface area contributed by atoms with E-state index in [-0.39, 0.29) is 55.9 Å². The lowest BCUT2D eigenvalue weighted by Gasteiger charge is -2.24. The van der Waals surface area contributed by atoms with Crippen molar-refractivity contribution in [3.63, 3.8) is 0 Å². The Morgan fingerprint density at radius 3 is 1.16 bits per heavy atom. The van der Waals surface area contributed by atoms with Gasteiger partial charge in [-0.15, -0.1) is 0 Å². The molecule has 80 heavy (non-hydrogen) atoms. The maximum Gasteiger partial charge on any atom is 0.318 e. The number of fused-ring (bicyclic) bond motifs is 3. The summed E-state index contributed by atoms with van der Waals surface area (Å²) in [6, 6.07) is 13.9. The summed E-state index contributed by atoms with van der Waals surface area (Å²) < 4.78 is 83.1. The molecule has 3 saturated carbocycles. The minimum absolute atomic E-state index is 0.0691. The van der Waals surface area contributed by atoms with Crippen molar-refractivity contribution >= 4 is 138 Å². The van der Waals surface area contributed by atoms with Gasteiger partial charge in [0.1, 0.15) is 11.7 Å². The molecular weight excluding hydrogens is 1170 g/mol. The number of halogens is 4. The third kappa shape index (κ3) is 15.1. The topological polar surface area (TPSA) is 317 Å². The third-order valence-electron chi connectivity index (χ3n) is 14.6. The molecule has 0 bridgehead atoms. The van der Waals surface area contributed by atoms with Crippen LogP contribution in [-0.4, -0.2) is 115 Å². The first kappa shape index (κ1) is 62.4. The number of carbonyl (C=O) groups is 1. The summed E-state index contributed by atoms with van der Waals surface area (Å²) >= 11 is 24.6. The quantitative estimate of drug-likeness (QED) is 0.0304. The van der Waals surface area contributed by atoms with Crippen molar-refractivity contribution in [3.05, 3.63) is 93.4 Å². The van der Waals surface area contributed by atoms with E-state index in [1.54, 1.807) is 45.0 Å². The molecule has 9 rings (SSSR count). The van der Waals surface area contributed by atoms with Crippen LogP contribution in [0.4, 0.5) is 11.6 Å². The van der Waals surface area contributed by atoms with E-state index in [1.807, 2.05) is 13.8 Å². The molecule has 0 amide bonds. The first-order valence-corrected chi connectivity index (χ1v) is 32.1. The van der Waals surface area contributed by atoms with Crippen LogP contribution in [0.1, 0.15) is 90.9 Å². The molecule has 0 spiro atoms. The van der Waals surface area contributed by atoms with Crippen molar-refractivity contribution in [1.29, 1.82) is 0 Å². The zero-order valence-corrected chi connectivity index (χ0v) is 49.8. The minimum Gasteiger partial charge on any atom is -0.480 e. The molecule has 3 fully saturated rings. The Kier molecular flexibility index (Phi) is 21.2. The van der Waals surface area contributed by atoms with E-state index >= 15 is 0 Å². The molecule has 0 radical (unpaired) electrons. The van der Waals surface area contributed by atoms with Crippen LogP contribution < -0.4 is 22.9 Å². The number of pyridine rings is 3. The molecule has 0 saturated heterocycles. The van der Waals surface area contributed by atoms with Crippen LogP contribution in [0.15, 0.2) is 97.9 Å². The molecule has 3 aromatic heterocycles. The summed E-state index contributed by atoms with van der Waals surface area (Å²) in [4.78, 5) is 31.8. The number of hydrogen-bond acceptors (Lipinski definition) is 12. The van der Waals surface area contributed by atoms with E-state index in [0.717, 1.165) is 55.7 Å². The largest absolute Gasteiger partial charge is 0.480 e. The second-order valence-corrected chi connectivity index (χ2v) is 27.4. The van der Waals surface area contributed by atoms with Crippen LogP contribution >= 0.6 is 46.4 Å². The lowest BCUT2D eigenvalue weighted by Crippen LogP contribution is -2.38. The van der Waals surface area contributed by atoms with Gasteiger partial charge in [0.15, 0.2) is 23.6 Å². The highest BCUT2D eigenvalue weighted by Gasteiger charge is 2.32. The maximum absolute atomic E-state index is 13.2. The molecular formula is C53H66Cl4N12O8S3. The number of benzene rings is 3. The number of hydrogen-bond donors (Lipinski definition) is 5. The van der Waals surface area contributed by atoms with E-state index in [1.165, 1.54) is 62.5 Å². The average molecular weight is 1240 g/mol. The Bertz CT molecular complexity index is 3630. The zero-order chi connectivity index (χ0) is 58.1. The van der Waals surface area contributed by atoms with Crippen LogP contribution in [0.3, 0.4) is 0 Å². The smallest absolute Gasteiger partial charge is 0.318 e. The normalized spacial score (nSPS) is 15.6. The monoisotopic (exact) mass is 1230 g/mol. The fourth-order valence-corrected chi connectivity index (χ4v) is 15.9. The second-order valence-electron chi connectivity index (χ2n) is 20.0. The lowest BCUT2D eigenvalue weighted by atomic mass is 10.1. The van der Waals surface area contributed by atoms with Crippen LogP contribution in [0.25, 0.3) is 32.3 Å². The summed E-state index contributed by atoms with van der Waals surface area (Å²) in [7, 11) is -11.3. The number of rotatable bonds is 18. The number of sulfonamides is 3. The van der Waals surface area contributed by atoms with Crippen molar-refractivity contribution in [1.82, 2.24) is 27.9 Å². The van der Waals surface area contributed by atoms with Gasteiger partial charge in [0, 0.05) is 83.6 Å². The van der Waals surface area contributed by atoms with Gasteiger partial charge in [-0.25, -0.2) is 40.2 Å². The Balaban J connectivity index is 0.000000174. The van der Waals surface area contributed by atoms with Gasteiger partial charge in [-0.1, -0.05) is 117 Å². The number of nitrogens with zero attached hydrogens (tertiary/aromatic N) is 8. The minimum atomic E-state index is -4.06. The number of aliphatic carboxylic acids is 1. The fraction of sp³-hybridized carbons (Fsp3) is 0.434. The standard InChI is InChI=1S/C18H22ClN5O4S.C18H24ClN5O2S.C17H20Cl2N2O2S/c19-15-8-22-17(23-18(20)21)14-7-12(5-6-13(14)15)29(27,28)24(10-16(25)26)9-11-3-1-2-4-11;1-2-24(11-12-5-3-4-6-12)27(25,26)13-7-8-14-15(9-13)17(23-18(20)21)22-10-16(14)19;1-2-21(11-12-5-3-4-6-12)24(22,23)13-7-8-14-15(9-13)17(19)20-10-16(14)18/h5-8,11H,1-4,9-10H2,(H,25,26)(H4,20,21,22,23);7-10,12H,2-6,11H2,1H3,(H4,20,21,22,23);7-10,12H,2-6,11H2,1H3. The van der Waals surface area contributed by atoms with Crippen molar-refractivity contribution < 1.29 is 35.2 Å². The molecule has 0 atom stereocenters. The Morgan fingerprint density at radius 1 is 0.512 bits per heavy atom. The van der Waals surface area contributed by atoms with Gasteiger partial charge < -0.3 is 28.0 Å². The number of carboxylic acids is 1. The third-order valence-corrected chi connectivity index (χ3v) is 21.4. The Morgan fingerprint density at radius 2 is 0.825 bits per heavy atom. The molecule has 6 aromatic rings. The first-order valence-electron chi connectivity index (χ1n) is 26.3. The van der Waals surface area contributed by atoms with Gasteiger partial charge in [0.2, 0.25) is 30.1 Å². The molecule has 3 aromatic carbocycles. The Hall–Kier alpha value is -5.21. The molecule has 9 N–H and O–H groups in total. The molecule has 0 unspecified atom stereocenters. The number of carboxylic acid groups (broad SMARTS) is 1. The zero-order valence-electron chi connectivity index (χ0n) is 44.3. The average Bonchev–Trinajstić information content (AvgIpc) is 4.26. The van der Waals surface area contributed by atoms with Crippen LogP contribution in [0.2, 0.25) is 20.2 Å². The van der Waals surface area contributed by atoms with Crippen molar-refractivity contribution in [2.24, 2.45) is 50.7 Å². The summed E-state index contributed by atoms with van der Waals surface area (Å²) in [6.07, 6.45) is 17.2. The molecule has 432 valence electrons. The van der Waals surface area contributed by atoms with E-state index in [2.05, 4.69) is 24.9 Å². The van der Waals surface area contributed by atoms with Gasteiger partial charge >= 0.3 is 5.97 Å². The van der Waals surface area contributed by atoms with Crippen molar-refractivity contribution in [2.45, 2.75) is 106 Å². The summed E-state index contributed by atoms with van der Waals surface area (Å²) in [5, 5.41) is 13.9. The predicted octanol–water partition coefficient (Wildman–Crippen LogP) is 9.79. The van der Waals surface area contributed by atoms with Gasteiger partial charge in [-0.3, -0.25) is 4.79 Å². The number of nitrogens with two attached hydrogens (primary N) is 4. The number of aliphatic imine (C=N–C) groups is 2. The van der Waals surface area contributed by atoms with E-state index in [9.17, 15) is 35.2 Å². The van der Waals surface area contributed by atoms with E-state index in [4.69, 9.17) is 69.3 Å². The van der Waals surface area contributed by atoms with Gasteiger partial charge in [-0.2, -0.15) is 22.9 Å². The van der Waals surface area contributed by atoms with Gasteiger partial charge in [0.05, 0.1) is 29.8 Å². The second kappa shape index (κ2) is 27.2. The van der Waals surface area contributed by atoms with Crippen LogP contribution in [0, 0.1) is 17.8 Å². The van der Waals surface area contributed by atoms with E-state index in [0.29, 0.717) is 85.4 Å². The molecule has 0 aliphatic heterocycles. The summed E-state index contributed by atoms with van der Waals surface area (Å²) in [5.41, 5.74) is 21.8. The van der Waals surface area contributed by atoms with Crippen molar-refractivity contribution in [2.75, 3.05) is 39.3 Å². The Labute approximate surface area is 487 Å². The molecule has 3 aliphatic rings. The van der Waals surface area contributed by atoms with Crippen LogP contribution in [-0.2, 0) is 34.9 Å². The molecule has 3 heterocycles. The fourth-order valence-electron chi connectivity index (χ4n) is 10.5.